The fourth-order valence-electron chi connectivity index (χ4n) is 3.16. The van der Waals surface area contributed by atoms with Crippen molar-refractivity contribution in [3.05, 3.63) is 33.8 Å². The van der Waals surface area contributed by atoms with Crippen molar-refractivity contribution in [3.8, 4) is 6.07 Å². The number of hydrazone groups is 1. The average molecular weight is 348 g/mol. The second-order valence-corrected chi connectivity index (χ2v) is 6.27. The molecule has 7 heteroatoms. The van der Waals surface area contributed by atoms with Gasteiger partial charge in [0.05, 0.1) is 42.1 Å². The van der Waals surface area contributed by atoms with E-state index in [1.807, 2.05) is 13.0 Å². The summed E-state index contributed by atoms with van der Waals surface area (Å²) in [4.78, 5) is 11.7. The number of ether oxygens (including phenoxy) is 2. The highest BCUT2D eigenvalue weighted by Gasteiger charge is 2.44. The highest BCUT2D eigenvalue weighted by atomic mass is 35.5. The summed E-state index contributed by atoms with van der Waals surface area (Å²) in [5.41, 5.74) is 2.84. The van der Waals surface area contributed by atoms with Crippen LogP contribution in [0.1, 0.15) is 23.1 Å². The first kappa shape index (κ1) is 16.9. The van der Waals surface area contributed by atoms with E-state index in [0.717, 1.165) is 16.8 Å². The largest absolute Gasteiger partial charge is 0.382 e. The molecule has 2 heterocycles. The fourth-order valence-corrected chi connectivity index (χ4v) is 3.36. The van der Waals surface area contributed by atoms with Gasteiger partial charge in [0.15, 0.2) is 5.78 Å². The van der Waals surface area contributed by atoms with Crippen molar-refractivity contribution in [2.24, 2.45) is 5.10 Å². The Hall–Kier alpha value is -1.94. The number of Topliss-reactive ketones (excluding diaryl/α,β-unsaturated/α-hetero) is 1. The van der Waals surface area contributed by atoms with Gasteiger partial charge in [0.25, 0.3) is 0 Å². The number of benzene rings is 1. The van der Waals surface area contributed by atoms with Crippen LogP contribution in [0.3, 0.4) is 0 Å². The van der Waals surface area contributed by atoms with E-state index in [2.05, 4.69) is 11.2 Å². The molecule has 2 aliphatic heterocycles. The summed E-state index contributed by atoms with van der Waals surface area (Å²) in [5, 5.41) is 15.9. The smallest absolute Gasteiger partial charge is 0.156 e. The van der Waals surface area contributed by atoms with Gasteiger partial charge < -0.3 is 9.47 Å². The van der Waals surface area contributed by atoms with E-state index in [0.29, 0.717) is 36.8 Å². The van der Waals surface area contributed by atoms with Crippen molar-refractivity contribution in [1.29, 1.82) is 5.26 Å². The first-order valence-corrected chi connectivity index (χ1v) is 8.11. The second-order valence-electron chi connectivity index (χ2n) is 5.89. The van der Waals surface area contributed by atoms with Crippen molar-refractivity contribution in [2.75, 3.05) is 26.9 Å². The zero-order chi connectivity index (χ0) is 17.3. The van der Waals surface area contributed by atoms with E-state index in [1.54, 1.807) is 18.2 Å². The minimum absolute atomic E-state index is 0.0850. The van der Waals surface area contributed by atoms with Gasteiger partial charge >= 0.3 is 0 Å². The molecule has 0 N–H and O–H groups in total. The van der Waals surface area contributed by atoms with Crippen molar-refractivity contribution in [1.82, 2.24) is 5.01 Å². The summed E-state index contributed by atoms with van der Waals surface area (Å²) >= 11 is 6.29. The minimum atomic E-state index is -0.311. The van der Waals surface area contributed by atoms with E-state index in [1.165, 1.54) is 0 Å². The topological polar surface area (TPSA) is 74.9 Å². The molecule has 0 aliphatic carbocycles. The Labute approximate surface area is 145 Å². The number of hydrogen-bond acceptors (Lipinski definition) is 6. The number of ketones is 1. The predicted octanol–water partition coefficient (Wildman–Crippen LogP) is 1.91. The van der Waals surface area contributed by atoms with Crippen LogP contribution in [0, 0.1) is 18.3 Å². The summed E-state index contributed by atoms with van der Waals surface area (Å²) in [7, 11) is 1.61. The molecule has 2 atom stereocenters. The van der Waals surface area contributed by atoms with Crippen LogP contribution >= 0.6 is 11.6 Å². The molecule has 1 aromatic carbocycles. The van der Waals surface area contributed by atoms with Gasteiger partial charge in [-0.2, -0.15) is 10.4 Å². The van der Waals surface area contributed by atoms with Crippen LogP contribution in [-0.2, 0) is 14.3 Å². The normalized spacial score (nSPS) is 22.5. The maximum absolute atomic E-state index is 11.7. The van der Waals surface area contributed by atoms with Crippen LogP contribution in [-0.4, -0.2) is 55.5 Å². The lowest BCUT2D eigenvalue weighted by Crippen LogP contribution is -2.36. The number of nitriles is 1. The van der Waals surface area contributed by atoms with Gasteiger partial charge in [-0.05, 0) is 18.6 Å². The number of rotatable bonds is 5. The van der Waals surface area contributed by atoms with Crippen molar-refractivity contribution in [3.63, 3.8) is 0 Å². The van der Waals surface area contributed by atoms with Gasteiger partial charge in [-0.1, -0.05) is 17.7 Å². The van der Waals surface area contributed by atoms with E-state index in [4.69, 9.17) is 26.3 Å². The minimum Gasteiger partial charge on any atom is -0.382 e. The van der Waals surface area contributed by atoms with E-state index >= 15 is 0 Å². The van der Waals surface area contributed by atoms with Crippen LogP contribution in [0.25, 0.3) is 0 Å². The van der Waals surface area contributed by atoms with Crippen LogP contribution in [0.5, 0.6) is 0 Å². The maximum atomic E-state index is 11.7. The summed E-state index contributed by atoms with van der Waals surface area (Å²) in [6.45, 7) is 3.06. The number of nitrogens with zero attached hydrogens (tertiary/aromatic N) is 3. The van der Waals surface area contributed by atoms with Crippen LogP contribution < -0.4 is 0 Å². The molecule has 2 aliphatic rings. The van der Waals surface area contributed by atoms with Crippen LogP contribution in [0.4, 0.5) is 0 Å². The van der Waals surface area contributed by atoms with E-state index in [-0.39, 0.29) is 17.9 Å². The molecule has 24 heavy (non-hydrogen) atoms. The third-order valence-corrected chi connectivity index (χ3v) is 4.87. The highest BCUT2D eigenvalue weighted by Crippen LogP contribution is 2.33. The first-order chi connectivity index (χ1) is 11.6. The summed E-state index contributed by atoms with van der Waals surface area (Å²) in [5.74, 6) is 0.165. The molecule has 0 saturated carbocycles. The van der Waals surface area contributed by atoms with Gasteiger partial charge in [-0.25, -0.2) is 0 Å². The molecule has 0 aromatic heterocycles. The zero-order valence-electron chi connectivity index (χ0n) is 13.6. The number of hydrogen-bond donors (Lipinski definition) is 0. The molecule has 6 nitrogen and oxygen atoms in total. The lowest BCUT2D eigenvalue weighted by molar-refractivity contribution is -0.117. The van der Waals surface area contributed by atoms with Crippen molar-refractivity contribution in [2.45, 2.75) is 25.5 Å². The monoisotopic (exact) mass is 347 g/mol. The van der Waals surface area contributed by atoms with Gasteiger partial charge in [0.1, 0.15) is 12.2 Å². The second kappa shape index (κ2) is 6.89. The van der Waals surface area contributed by atoms with E-state index < -0.39 is 0 Å². The Kier molecular flexibility index (Phi) is 4.86. The SMILES string of the molecule is COCCOC1C(c2ccc(C#N)c(Cl)c2C)=NN2CC(=O)CC12. The average Bonchev–Trinajstić information content (AvgIpc) is 3.07. The number of carbonyl (C=O) groups is 1. The van der Waals surface area contributed by atoms with Crippen molar-refractivity contribution >= 4 is 23.1 Å². The molecule has 0 radical (unpaired) electrons. The molecule has 3 rings (SSSR count). The summed E-state index contributed by atoms with van der Waals surface area (Å²) in [6, 6.07) is 5.52. The van der Waals surface area contributed by atoms with Crippen LogP contribution in [0.15, 0.2) is 17.2 Å². The Morgan fingerprint density at radius 3 is 2.96 bits per heavy atom. The molecule has 0 spiro atoms. The molecular weight excluding hydrogens is 330 g/mol. The quantitative estimate of drug-likeness (QED) is 0.761. The lowest BCUT2D eigenvalue weighted by atomic mass is 9.95. The van der Waals surface area contributed by atoms with Gasteiger partial charge in [0.2, 0.25) is 0 Å². The molecule has 0 amide bonds. The number of fused-ring (bicyclic) bond motifs is 1. The Balaban J connectivity index is 1.95. The van der Waals surface area contributed by atoms with Gasteiger partial charge in [0, 0.05) is 19.1 Å². The van der Waals surface area contributed by atoms with E-state index in [9.17, 15) is 4.79 Å². The Morgan fingerprint density at radius 2 is 2.25 bits per heavy atom. The fraction of sp³-hybridized carbons (Fsp3) is 0.471. The summed E-state index contributed by atoms with van der Waals surface area (Å²) < 4.78 is 11.0. The third-order valence-electron chi connectivity index (χ3n) is 4.38. The number of methoxy groups -OCH3 is 1. The zero-order valence-corrected chi connectivity index (χ0v) is 14.3. The first-order valence-electron chi connectivity index (χ1n) is 7.73. The van der Waals surface area contributed by atoms with Crippen LogP contribution in [0.2, 0.25) is 5.02 Å². The molecule has 1 fully saturated rings. The predicted molar refractivity (Wildman–Crippen MR) is 89.2 cm³/mol. The Bertz CT molecular complexity index is 741. The maximum Gasteiger partial charge on any atom is 0.156 e. The Morgan fingerprint density at radius 1 is 1.46 bits per heavy atom. The molecule has 2 unspecified atom stereocenters. The molecular formula is C17H18ClN3O3. The number of carbonyl (C=O) groups excluding carboxylic acids is 1. The third kappa shape index (κ3) is 2.91. The summed E-state index contributed by atoms with van der Waals surface area (Å²) in [6.07, 6.45) is 0.113. The molecule has 0 bridgehead atoms. The standard InChI is InChI=1S/C17H18ClN3O3/c1-10-13(4-3-11(8-19)15(10)18)16-17(24-6-5-23-2)14-7-12(22)9-21(14)20-16/h3-4,14,17H,5-7,9H2,1-2H3. The number of halogens is 1. The van der Waals surface area contributed by atoms with Gasteiger partial charge in [-0.15, -0.1) is 0 Å². The highest BCUT2D eigenvalue weighted by molar-refractivity contribution is 6.33. The molecule has 1 saturated heterocycles. The molecule has 1 aromatic rings. The van der Waals surface area contributed by atoms with Crippen molar-refractivity contribution < 1.29 is 14.3 Å². The lowest BCUT2D eigenvalue weighted by Gasteiger charge is -2.21. The van der Waals surface area contributed by atoms with Gasteiger partial charge in [-0.3, -0.25) is 9.80 Å². The molecule has 126 valence electrons.